The molecule has 1 saturated heterocycles. The van der Waals surface area contributed by atoms with Gasteiger partial charge < -0.3 is 15.0 Å². The molecular weight excluding hydrogens is 216 g/mol. The van der Waals surface area contributed by atoms with Crippen LogP contribution in [-0.4, -0.2) is 42.8 Å². The van der Waals surface area contributed by atoms with Crippen molar-refractivity contribution in [1.29, 1.82) is 0 Å². The van der Waals surface area contributed by atoms with Gasteiger partial charge in [0.05, 0.1) is 6.61 Å². The van der Waals surface area contributed by atoms with Crippen LogP contribution in [0.2, 0.25) is 0 Å². The first kappa shape index (κ1) is 10.8. The number of rotatable bonds is 4. The molecule has 5 nitrogen and oxygen atoms in total. The lowest BCUT2D eigenvalue weighted by molar-refractivity contribution is 0.287. The minimum atomic E-state index is 0.696. The van der Waals surface area contributed by atoms with E-state index in [1.54, 1.807) is 12.4 Å². The van der Waals surface area contributed by atoms with E-state index in [1.807, 2.05) is 0 Å². The fourth-order valence-electron chi connectivity index (χ4n) is 1.99. The molecule has 92 valence electrons. The third-order valence-corrected chi connectivity index (χ3v) is 3.22. The molecule has 0 atom stereocenters. The minimum absolute atomic E-state index is 0.696. The highest BCUT2D eigenvalue weighted by molar-refractivity contribution is 5.48. The van der Waals surface area contributed by atoms with Gasteiger partial charge in [-0.1, -0.05) is 0 Å². The third-order valence-electron chi connectivity index (χ3n) is 3.22. The molecule has 0 unspecified atom stereocenters. The van der Waals surface area contributed by atoms with Crippen LogP contribution in [0, 0.1) is 5.92 Å². The number of hydrogen-bond acceptors (Lipinski definition) is 5. The van der Waals surface area contributed by atoms with E-state index in [2.05, 4.69) is 20.2 Å². The summed E-state index contributed by atoms with van der Waals surface area (Å²) in [6.07, 6.45) is 6.03. The summed E-state index contributed by atoms with van der Waals surface area (Å²) >= 11 is 0. The Bertz CT molecular complexity index is 375. The summed E-state index contributed by atoms with van der Waals surface area (Å²) in [7, 11) is 0. The molecule has 5 heteroatoms. The molecule has 0 spiro atoms. The largest absolute Gasteiger partial charge is 0.475 e. The third kappa shape index (κ3) is 2.66. The summed E-state index contributed by atoms with van der Waals surface area (Å²) < 4.78 is 5.78. The van der Waals surface area contributed by atoms with Gasteiger partial charge in [0.15, 0.2) is 5.82 Å². The fourth-order valence-corrected chi connectivity index (χ4v) is 1.99. The van der Waals surface area contributed by atoms with Crippen LogP contribution >= 0.6 is 0 Å². The summed E-state index contributed by atoms with van der Waals surface area (Å²) in [5, 5.41) is 3.33. The van der Waals surface area contributed by atoms with Crippen LogP contribution in [0.5, 0.6) is 5.88 Å². The van der Waals surface area contributed by atoms with Crippen LogP contribution < -0.4 is 15.0 Å². The summed E-state index contributed by atoms with van der Waals surface area (Å²) in [4.78, 5) is 11.0. The maximum absolute atomic E-state index is 5.78. The predicted octanol–water partition coefficient (Wildman–Crippen LogP) is 0.675. The van der Waals surface area contributed by atoms with Gasteiger partial charge in [0, 0.05) is 38.6 Å². The lowest BCUT2D eigenvalue weighted by Crippen LogP contribution is -2.44. The maximum Gasteiger partial charge on any atom is 0.257 e. The van der Waals surface area contributed by atoms with Crippen molar-refractivity contribution in [1.82, 2.24) is 15.3 Å². The molecule has 1 aliphatic carbocycles. The Morgan fingerprint density at radius 2 is 2.00 bits per heavy atom. The smallest absolute Gasteiger partial charge is 0.257 e. The highest BCUT2D eigenvalue weighted by Gasteiger charge is 2.24. The minimum Gasteiger partial charge on any atom is -0.475 e. The van der Waals surface area contributed by atoms with Gasteiger partial charge in [0.25, 0.3) is 5.88 Å². The first-order valence-electron chi connectivity index (χ1n) is 6.33. The van der Waals surface area contributed by atoms with E-state index in [4.69, 9.17) is 4.74 Å². The van der Waals surface area contributed by atoms with Gasteiger partial charge in [-0.15, -0.1) is 0 Å². The predicted molar refractivity (Wildman–Crippen MR) is 65.3 cm³/mol. The SMILES string of the molecule is c1cnc(N2CCNCC2)c(OCC2CC2)n1. The molecular formula is C12H18N4O. The van der Waals surface area contributed by atoms with E-state index in [1.165, 1.54) is 12.8 Å². The Morgan fingerprint density at radius 1 is 1.24 bits per heavy atom. The topological polar surface area (TPSA) is 50.3 Å². The van der Waals surface area contributed by atoms with Crippen LogP contribution in [0.3, 0.4) is 0 Å². The standard InChI is InChI=1S/C12H18N4O/c1-2-10(1)9-17-12-11(14-3-4-15-12)16-7-5-13-6-8-16/h3-4,10,13H,1-2,5-9H2. The Hall–Kier alpha value is -1.36. The van der Waals surface area contributed by atoms with E-state index < -0.39 is 0 Å². The van der Waals surface area contributed by atoms with Gasteiger partial charge in [0.1, 0.15) is 0 Å². The van der Waals surface area contributed by atoms with Crippen molar-refractivity contribution in [3.05, 3.63) is 12.4 Å². The molecule has 1 N–H and O–H groups in total. The van der Waals surface area contributed by atoms with Gasteiger partial charge in [-0.25, -0.2) is 9.97 Å². The van der Waals surface area contributed by atoms with Gasteiger partial charge in [0.2, 0.25) is 0 Å². The zero-order valence-corrected chi connectivity index (χ0v) is 9.93. The molecule has 1 aliphatic heterocycles. The van der Waals surface area contributed by atoms with E-state index in [9.17, 15) is 0 Å². The number of piperazine rings is 1. The zero-order valence-electron chi connectivity index (χ0n) is 9.93. The van der Waals surface area contributed by atoms with Crippen molar-refractivity contribution in [3.63, 3.8) is 0 Å². The summed E-state index contributed by atoms with van der Waals surface area (Å²) in [5.41, 5.74) is 0. The number of nitrogens with zero attached hydrogens (tertiary/aromatic N) is 3. The molecule has 2 fully saturated rings. The molecule has 17 heavy (non-hydrogen) atoms. The molecule has 2 aliphatic rings. The highest BCUT2D eigenvalue weighted by atomic mass is 16.5. The van der Waals surface area contributed by atoms with E-state index in [-0.39, 0.29) is 0 Å². The molecule has 1 aromatic heterocycles. The Balaban J connectivity index is 1.71. The molecule has 1 saturated carbocycles. The second-order valence-corrected chi connectivity index (χ2v) is 4.68. The molecule has 0 amide bonds. The quantitative estimate of drug-likeness (QED) is 0.830. The Labute approximate surface area is 101 Å². The van der Waals surface area contributed by atoms with Crippen LogP contribution in [0.1, 0.15) is 12.8 Å². The van der Waals surface area contributed by atoms with Crippen molar-refractivity contribution in [3.8, 4) is 5.88 Å². The first-order valence-corrected chi connectivity index (χ1v) is 6.33. The molecule has 3 rings (SSSR count). The van der Waals surface area contributed by atoms with Crippen LogP contribution in [0.15, 0.2) is 12.4 Å². The van der Waals surface area contributed by atoms with Crippen molar-refractivity contribution >= 4 is 5.82 Å². The monoisotopic (exact) mass is 234 g/mol. The number of nitrogens with one attached hydrogen (secondary N) is 1. The van der Waals surface area contributed by atoms with Gasteiger partial charge in [-0.05, 0) is 18.8 Å². The van der Waals surface area contributed by atoms with E-state index >= 15 is 0 Å². The van der Waals surface area contributed by atoms with Crippen LogP contribution in [-0.2, 0) is 0 Å². The molecule has 1 aromatic rings. The maximum atomic E-state index is 5.78. The van der Waals surface area contributed by atoms with Gasteiger partial charge >= 0.3 is 0 Å². The van der Waals surface area contributed by atoms with Crippen molar-refractivity contribution in [2.24, 2.45) is 5.92 Å². The second-order valence-electron chi connectivity index (χ2n) is 4.68. The van der Waals surface area contributed by atoms with E-state index in [0.717, 1.165) is 44.5 Å². The number of anilines is 1. The number of ether oxygens (including phenoxy) is 1. The number of hydrogen-bond donors (Lipinski definition) is 1. The van der Waals surface area contributed by atoms with Gasteiger partial charge in [-0.2, -0.15) is 0 Å². The van der Waals surface area contributed by atoms with Crippen molar-refractivity contribution < 1.29 is 4.74 Å². The normalized spacial score (nSPS) is 20.4. The van der Waals surface area contributed by atoms with Crippen molar-refractivity contribution in [2.75, 3.05) is 37.7 Å². The molecule has 0 aromatic carbocycles. The second kappa shape index (κ2) is 4.87. The molecule has 2 heterocycles. The summed E-state index contributed by atoms with van der Waals surface area (Å²) in [5.74, 6) is 2.34. The Kier molecular flexibility index (Phi) is 3.09. The highest BCUT2D eigenvalue weighted by Crippen LogP contribution is 2.31. The average Bonchev–Trinajstić information content (AvgIpc) is 3.22. The van der Waals surface area contributed by atoms with Crippen LogP contribution in [0.4, 0.5) is 5.82 Å². The lowest BCUT2D eigenvalue weighted by atomic mass is 10.3. The molecule has 0 radical (unpaired) electrons. The first-order chi connectivity index (χ1) is 8.43. The Morgan fingerprint density at radius 3 is 2.76 bits per heavy atom. The average molecular weight is 234 g/mol. The summed E-state index contributed by atoms with van der Waals surface area (Å²) in [6, 6.07) is 0. The molecule has 0 bridgehead atoms. The summed E-state index contributed by atoms with van der Waals surface area (Å²) in [6.45, 7) is 4.73. The zero-order chi connectivity index (χ0) is 11.5. The lowest BCUT2D eigenvalue weighted by Gasteiger charge is -2.28. The van der Waals surface area contributed by atoms with Crippen LogP contribution in [0.25, 0.3) is 0 Å². The van der Waals surface area contributed by atoms with E-state index in [0.29, 0.717) is 5.88 Å². The van der Waals surface area contributed by atoms with Crippen molar-refractivity contribution in [2.45, 2.75) is 12.8 Å². The fraction of sp³-hybridized carbons (Fsp3) is 0.667. The number of aromatic nitrogens is 2. The van der Waals surface area contributed by atoms with Gasteiger partial charge in [-0.3, -0.25) is 0 Å².